The minimum atomic E-state index is -0.592. The number of carbonyl (C=O) groups is 3. The number of methoxy groups -OCH3 is 1. The monoisotopic (exact) mass is 395 g/mol. The van der Waals surface area contributed by atoms with E-state index in [0.29, 0.717) is 22.4 Å². The number of non-ortho nitro benzene ring substituents is 1. The first kappa shape index (κ1) is 19.7. The lowest BCUT2D eigenvalue weighted by molar-refractivity contribution is -0.384. The van der Waals surface area contributed by atoms with E-state index in [0.717, 1.165) is 0 Å². The van der Waals surface area contributed by atoms with Crippen molar-refractivity contribution in [2.75, 3.05) is 25.1 Å². The highest BCUT2D eigenvalue weighted by Gasteiger charge is 2.33. The highest BCUT2D eigenvalue weighted by Crippen LogP contribution is 2.37. The fourth-order valence-corrected chi connectivity index (χ4v) is 2.90. The summed E-state index contributed by atoms with van der Waals surface area (Å²) in [7, 11) is 1.21. The number of nitro groups is 1. The van der Waals surface area contributed by atoms with Gasteiger partial charge in [-0.05, 0) is 29.8 Å². The van der Waals surface area contributed by atoms with Crippen LogP contribution in [0.2, 0.25) is 0 Å². The Morgan fingerprint density at radius 2 is 1.86 bits per heavy atom. The van der Waals surface area contributed by atoms with Crippen LogP contribution in [-0.2, 0) is 19.1 Å². The van der Waals surface area contributed by atoms with Gasteiger partial charge in [-0.25, -0.2) is 0 Å². The van der Waals surface area contributed by atoms with Gasteiger partial charge in [0.05, 0.1) is 17.7 Å². The molecule has 1 N–H and O–H groups in total. The smallest absolute Gasteiger partial charge is 0.325 e. The van der Waals surface area contributed by atoms with Gasteiger partial charge in [-0.3, -0.25) is 29.4 Å². The normalized spacial score (nSPS) is 13.9. The number of ether oxygens (including phenoxy) is 1. The number of esters is 1. The van der Waals surface area contributed by atoms with Gasteiger partial charge < -0.3 is 10.1 Å². The van der Waals surface area contributed by atoms with Crippen LogP contribution >= 0.6 is 0 Å². The Morgan fingerprint density at radius 3 is 2.52 bits per heavy atom. The molecule has 1 aliphatic rings. The van der Waals surface area contributed by atoms with E-state index in [4.69, 9.17) is 0 Å². The van der Waals surface area contributed by atoms with Gasteiger partial charge in [-0.1, -0.05) is 18.2 Å². The van der Waals surface area contributed by atoms with Crippen LogP contribution in [0.15, 0.2) is 48.5 Å². The number of amides is 2. The quantitative estimate of drug-likeness (QED) is 0.345. The molecule has 0 saturated carbocycles. The molecule has 1 heterocycles. The van der Waals surface area contributed by atoms with Gasteiger partial charge >= 0.3 is 5.97 Å². The fourth-order valence-electron chi connectivity index (χ4n) is 2.90. The molecule has 0 unspecified atom stereocenters. The Kier molecular flexibility index (Phi) is 5.68. The highest BCUT2D eigenvalue weighted by molar-refractivity contribution is 6.36. The van der Waals surface area contributed by atoms with Gasteiger partial charge in [-0.2, -0.15) is 0 Å². The first-order chi connectivity index (χ1) is 13.9. The number of carbonyl (C=O) groups excluding carboxylic acids is 3. The van der Waals surface area contributed by atoms with Crippen molar-refractivity contribution in [1.29, 1.82) is 0 Å². The summed E-state index contributed by atoms with van der Waals surface area (Å²) < 4.78 is 4.47. The molecular formula is C20H17N3O6. The van der Waals surface area contributed by atoms with Crippen LogP contribution in [0.4, 0.5) is 11.4 Å². The lowest BCUT2D eigenvalue weighted by Gasteiger charge is -2.16. The summed E-state index contributed by atoms with van der Waals surface area (Å²) in [5.74, 6) is -1.47. The molecule has 0 fully saturated rings. The predicted molar refractivity (Wildman–Crippen MR) is 105 cm³/mol. The largest absolute Gasteiger partial charge is 0.468 e. The number of nitro benzene ring substituents is 1. The average Bonchev–Trinajstić information content (AvgIpc) is 2.98. The summed E-state index contributed by atoms with van der Waals surface area (Å²) >= 11 is 0. The summed E-state index contributed by atoms with van der Waals surface area (Å²) in [6.07, 6.45) is 1.62. The zero-order valence-corrected chi connectivity index (χ0v) is 15.5. The Balaban J connectivity index is 1.85. The predicted octanol–water partition coefficient (Wildman–Crippen LogP) is 1.77. The maximum absolute atomic E-state index is 12.9. The SMILES string of the molecule is COC(=O)CNC(=O)CN1C(=O)/C(=C/c2ccc([N+](=O)[O-])cc2)c2ccccc21. The molecule has 9 nitrogen and oxygen atoms in total. The fraction of sp³-hybridized carbons (Fsp3) is 0.150. The topological polar surface area (TPSA) is 119 Å². The maximum atomic E-state index is 12.9. The van der Waals surface area contributed by atoms with E-state index in [1.54, 1.807) is 42.5 Å². The van der Waals surface area contributed by atoms with Gasteiger partial charge in [0.1, 0.15) is 13.1 Å². The van der Waals surface area contributed by atoms with Crippen molar-refractivity contribution in [1.82, 2.24) is 5.32 Å². The van der Waals surface area contributed by atoms with E-state index in [9.17, 15) is 24.5 Å². The van der Waals surface area contributed by atoms with Crippen molar-refractivity contribution in [2.45, 2.75) is 0 Å². The molecule has 148 valence electrons. The molecule has 0 bridgehead atoms. The van der Waals surface area contributed by atoms with Crippen LogP contribution in [0.25, 0.3) is 11.6 Å². The van der Waals surface area contributed by atoms with Gasteiger partial charge in [0, 0.05) is 23.3 Å². The van der Waals surface area contributed by atoms with Gasteiger partial charge in [0.15, 0.2) is 0 Å². The van der Waals surface area contributed by atoms with E-state index in [1.165, 1.54) is 24.1 Å². The van der Waals surface area contributed by atoms with Crippen molar-refractivity contribution >= 4 is 40.8 Å². The third-order valence-corrected chi connectivity index (χ3v) is 4.33. The molecule has 0 aliphatic carbocycles. The molecule has 2 aromatic carbocycles. The van der Waals surface area contributed by atoms with Crippen molar-refractivity contribution in [3.63, 3.8) is 0 Å². The molecule has 2 aromatic rings. The zero-order chi connectivity index (χ0) is 21.0. The Hall–Kier alpha value is -4.01. The van der Waals surface area contributed by atoms with E-state index >= 15 is 0 Å². The minimum Gasteiger partial charge on any atom is -0.468 e. The molecule has 9 heteroatoms. The summed E-state index contributed by atoms with van der Waals surface area (Å²) in [4.78, 5) is 47.9. The van der Waals surface area contributed by atoms with Gasteiger partial charge in [-0.15, -0.1) is 0 Å². The third-order valence-electron chi connectivity index (χ3n) is 4.33. The number of anilines is 1. The first-order valence-corrected chi connectivity index (χ1v) is 8.61. The lowest BCUT2D eigenvalue weighted by atomic mass is 10.0. The van der Waals surface area contributed by atoms with Crippen LogP contribution in [0.1, 0.15) is 11.1 Å². The van der Waals surface area contributed by atoms with Gasteiger partial charge in [0.25, 0.3) is 11.6 Å². The van der Waals surface area contributed by atoms with Crippen molar-refractivity contribution in [3.8, 4) is 0 Å². The molecule has 0 saturated heterocycles. The molecule has 0 spiro atoms. The van der Waals surface area contributed by atoms with E-state index in [1.807, 2.05) is 0 Å². The first-order valence-electron chi connectivity index (χ1n) is 8.61. The lowest BCUT2D eigenvalue weighted by Crippen LogP contribution is -2.40. The van der Waals surface area contributed by atoms with Crippen LogP contribution < -0.4 is 10.2 Å². The molecule has 3 rings (SSSR count). The molecule has 1 aliphatic heterocycles. The average molecular weight is 395 g/mol. The van der Waals surface area contributed by atoms with E-state index in [-0.39, 0.29) is 24.7 Å². The summed E-state index contributed by atoms with van der Waals surface area (Å²) in [6, 6.07) is 12.8. The highest BCUT2D eigenvalue weighted by atomic mass is 16.6. The summed E-state index contributed by atoms with van der Waals surface area (Å²) in [5.41, 5.74) is 2.16. The number of rotatable bonds is 6. The van der Waals surface area contributed by atoms with Crippen molar-refractivity contribution in [3.05, 3.63) is 69.8 Å². The van der Waals surface area contributed by atoms with Crippen LogP contribution in [0.3, 0.4) is 0 Å². The summed E-state index contributed by atoms with van der Waals surface area (Å²) in [6.45, 7) is -0.547. The number of nitrogens with one attached hydrogen (secondary N) is 1. The third kappa shape index (κ3) is 4.29. The standard InChI is InChI=1S/C20H17N3O6/c1-29-19(25)11-21-18(24)12-22-17-5-3-2-4-15(17)16(20(22)26)10-13-6-8-14(9-7-13)23(27)28/h2-10H,11-12H2,1H3,(H,21,24)/b16-10+. The molecule has 0 radical (unpaired) electrons. The van der Waals surface area contributed by atoms with Crippen molar-refractivity contribution < 1.29 is 24.0 Å². The second kappa shape index (κ2) is 8.34. The minimum absolute atomic E-state index is 0.0470. The number of fused-ring (bicyclic) bond motifs is 1. The number of hydrogen-bond donors (Lipinski definition) is 1. The van der Waals surface area contributed by atoms with Gasteiger partial charge in [0.2, 0.25) is 5.91 Å². The Morgan fingerprint density at radius 1 is 1.17 bits per heavy atom. The summed E-state index contributed by atoms with van der Waals surface area (Å²) in [5, 5.41) is 13.2. The number of nitrogens with zero attached hydrogens (tertiary/aromatic N) is 2. The van der Waals surface area contributed by atoms with Crippen LogP contribution in [0, 0.1) is 10.1 Å². The van der Waals surface area contributed by atoms with E-state index in [2.05, 4.69) is 10.1 Å². The molecular weight excluding hydrogens is 378 g/mol. The van der Waals surface area contributed by atoms with Crippen LogP contribution in [0.5, 0.6) is 0 Å². The Bertz CT molecular complexity index is 1010. The zero-order valence-electron chi connectivity index (χ0n) is 15.5. The van der Waals surface area contributed by atoms with Crippen LogP contribution in [-0.4, -0.2) is 42.9 Å². The number of para-hydroxylation sites is 1. The van der Waals surface area contributed by atoms with Crippen molar-refractivity contribution in [2.24, 2.45) is 0 Å². The number of hydrogen-bond acceptors (Lipinski definition) is 6. The maximum Gasteiger partial charge on any atom is 0.325 e. The molecule has 2 amide bonds. The van der Waals surface area contributed by atoms with E-state index < -0.39 is 16.8 Å². The second-order valence-corrected chi connectivity index (χ2v) is 6.17. The molecule has 0 aromatic heterocycles. The Labute approximate surface area is 165 Å². The molecule has 0 atom stereocenters. The molecule has 29 heavy (non-hydrogen) atoms. The number of benzene rings is 2. The second-order valence-electron chi connectivity index (χ2n) is 6.17.